The SMILES string of the molecule is C[C@@H](NCCS(=O)(=O)c1cc(Cl)ccc1Cl)c1cccc2ccccc12. The molecule has 0 aromatic heterocycles. The molecule has 0 heterocycles. The zero-order valence-corrected chi connectivity index (χ0v) is 16.6. The van der Waals surface area contributed by atoms with Crippen molar-refractivity contribution >= 4 is 43.8 Å². The standard InChI is InChI=1S/C20H19Cl2NO2S/c1-14(17-8-4-6-15-5-2-3-7-18(15)17)23-11-12-26(24,25)20-13-16(21)9-10-19(20)22/h2-10,13-14,23H,11-12H2,1H3/t14-/m1/s1. The van der Waals surface area contributed by atoms with Crippen molar-refractivity contribution in [3.63, 3.8) is 0 Å². The highest BCUT2D eigenvalue weighted by Crippen LogP contribution is 2.26. The van der Waals surface area contributed by atoms with Gasteiger partial charge < -0.3 is 5.32 Å². The van der Waals surface area contributed by atoms with E-state index in [1.807, 2.05) is 25.1 Å². The van der Waals surface area contributed by atoms with E-state index in [1.165, 1.54) is 12.1 Å². The van der Waals surface area contributed by atoms with Crippen molar-refractivity contribution in [1.82, 2.24) is 5.32 Å². The summed E-state index contributed by atoms with van der Waals surface area (Å²) in [7, 11) is -3.51. The fraction of sp³-hybridized carbons (Fsp3) is 0.200. The second-order valence-electron chi connectivity index (χ2n) is 6.14. The molecular formula is C20H19Cl2NO2S. The maximum atomic E-state index is 12.6. The molecule has 0 aliphatic carbocycles. The van der Waals surface area contributed by atoms with E-state index in [0.717, 1.165) is 16.3 Å². The number of halogens is 2. The van der Waals surface area contributed by atoms with E-state index in [4.69, 9.17) is 23.2 Å². The third-order valence-corrected chi connectivity index (χ3v) is 6.77. The highest BCUT2D eigenvalue weighted by Gasteiger charge is 2.19. The molecule has 0 unspecified atom stereocenters. The van der Waals surface area contributed by atoms with Crippen molar-refractivity contribution in [2.75, 3.05) is 12.3 Å². The largest absolute Gasteiger partial charge is 0.309 e. The molecule has 3 nitrogen and oxygen atoms in total. The lowest BCUT2D eigenvalue weighted by atomic mass is 10.00. The van der Waals surface area contributed by atoms with E-state index < -0.39 is 9.84 Å². The van der Waals surface area contributed by atoms with E-state index in [9.17, 15) is 8.42 Å². The normalized spacial score (nSPS) is 13.0. The van der Waals surface area contributed by atoms with Crippen LogP contribution in [-0.2, 0) is 9.84 Å². The molecule has 3 aromatic carbocycles. The molecule has 3 rings (SSSR count). The van der Waals surface area contributed by atoms with E-state index in [1.54, 1.807) is 6.07 Å². The Labute approximate surface area is 163 Å². The summed E-state index contributed by atoms with van der Waals surface area (Å²) in [6.45, 7) is 2.34. The van der Waals surface area contributed by atoms with Crippen LogP contribution in [0.2, 0.25) is 10.0 Å². The lowest BCUT2D eigenvalue weighted by Gasteiger charge is -2.17. The minimum absolute atomic E-state index is 0.0196. The Hall–Kier alpha value is -1.59. The average molecular weight is 408 g/mol. The monoisotopic (exact) mass is 407 g/mol. The lowest BCUT2D eigenvalue weighted by Crippen LogP contribution is -2.26. The Balaban J connectivity index is 1.72. The lowest BCUT2D eigenvalue weighted by molar-refractivity contribution is 0.574. The molecule has 0 radical (unpaired) electrons. The van der Waals surface area contributed by atoms with Gasteiger partial charge in [0.15, 0.2) is 9.84 Å². The summed E-state index contributed by atoms with van der Waals surface area (Å²) in [4.78, 5) is 0.0753. The first-order valence-electron chi connectivity index (χ1n) is 8.27. The van der Waals surface area contributed by atoms with Crippen LogP contribution in [0.25, 0.3) is 10.8 Å². The van der Waals surface area contributed by atoms with Gasteiger partial charge in [0.05, 0.1) is 15.7 Å². The van der Waals surface area contributed by atoms with E-state index in [0.29, 0.717) is 11.6 Å². The molecule has 0 aliphatic rings. The zero-order chi connectivity index (χ0) is 18.7. The summed E-state index contributed by atoms with van der Waals surface area (Å²) in [5, 5.41) is 6.17. The molecule has 6 heteroatoms. The van der Waals surface area contributed by atoms with Crippen LogP contribution in [0.5, 0.6) is 0 Å². The van der Waals surface area contributed by atoms with Gasteiger partial charge in [0.1, 0.15) is 0 Å². The summed E-state index contributed by atoms with van der Waals surface area (Å²) < 4.78 is 25.1. The molecule has 0 saturated carbocycles. The summed E-state index contributed by atoms with van der Waals surface area (Å²) in [5.41, 5.74) is 1.14. The summed E-state index contributed by atoms with van der Waals surface area (Å²) >= 11 is 11.9. The first kappa shape index (κ1) is 19.2. The van der Waals surface area contributed by atoms with Crippen LogP contribution in [-0.4, -0.2) is 20.7 Å². The average Bonchev–Trinajstić information content (AvgIpc) is 2.63. The minimum Gasteiger partial charge on any atom is -0.309 e. The molecule has 26 heavy (non-hydrogen) atoms. The third kappa shape index (κ3) is 4.21. The predicted molar refractivity (Wildman–Crippen MR) is 109 cm³/mol. The number of benzene rings is 3. The van der Waals surface area contributed by atoms with Gasteiger partial charge in [-0.3, -0.25) is 0 Å². The third-order valence-electron chi connectivity index (χ3n) is 4.34. The zero-order valence-electron chi connectivity index (χ0n) is 14.2. The molecule has 0 spiro atoms. The number of fused-ring (bicyclic) bond motifs is 1. The first-order valence-corrected chi connectivity index (χ1v) is 10.7. The Kier molecular flexibility index (Phi) is 5.88. The number of hydrogen-bond donors (Lipinski definition) is 1. The summed E-state index contributed by atoms with van der Waals surface area (Å²) in [6, 6.07) is 18.8. The van der Waals surface area contributed by atoms with Gasteiger partial charge in [0, 0.05) is 17.6 Å². The van der Waals surface area contributed by atoms with E-state index in [-0.39, 0.29) is 21.7 Å². The van der Waals surface area contributed by atoms with Crippen molar-refractivity contribution in [1.29, 1.82) is 0 Å². The Morgan fingerprint density at radius 2 is 1.73 bits per heavy atom. The summed E-state index contributed by atoms with van der Waals surface area (Å²) in [5.74, 6) is -0.0534. The molecule has 0 aliphatic heterocycles. The molecule has 3 aromatic rings. The van der Waals surface area contributed by atoms with Gasteiger partial charge >= 0.3 is 0 Å². The second kappa shape index (κ2) is 7.97. The van der Waals surface area contributed by atoms with Gasteiger partial charge in [0.25, 0.3) is 0 Å². The van der Waals surface area contributed by atoms with Crippen LogP contribution in [0.3, 0.4) is 0 Å². The van der Waals surface area contributed by atoms with Gasteiger partial charge in [-0.15, -0.1) is 0 Å². The molecular weight excluding hydrogens is 389 g/mol. The van der Waals surface area contributed by atoms with Gasteiger partial charge in [-0.2, -0.15) is 0 Å². The molecule has 0 fully saturated rings. The maximum absolute atomic E-state index is 12.6. The molecule has 1 atom stereocenters. The van der Waals surface area contributed by atoms with Crippen molar-refractivity contribution in [3.8, 4) is 0 Å². The maximum Gasteiger partial charge on any atom is 0.181 e. The van der Waals surface area contributed by atoms with Crippen LogP contribution in [0, 0.1) is 0 Å². The van der Waals surface area contributed by atoms with E-state index in [2.05, 4.69) is 29.6 Å². The number of hydrogen-bond acceptors (Lipinski definition) is 3. The minimum atomic E-state index is -3.51. The molecule has 1 N–H and O–H groups in total. The molecule has 0 saturated heterocycles. The van der Waals surface area contributed by atoms with Crippen molar-refractivity contribution in [3.05, 3.63) is 76.3 Å². The summed E-state index contributed by atoms with van der Waals surface area (Å²) in [6.07, 6.45) is 0. The van der Waals surface area contributed by atoms with Gasteiger partial charge in [-0.05, 0) is 41.5 Å². The fourth-order valence-corrected chi connectivity index (χ4v) is 4.96. The van der Waals surface area contributed by atoms with Crippen LogP contribution in [0.1, 0.15) is 18.5 Å². The highest BCUT2D eigenvalue weighted by molar-refractivity contribution is 7.91. The van der Waals surface area contributed by atoms with Crippen LogP contribution >= 0.6 is 23.2 Å². The van der Waals surface area contributed by atoms with Gasteiger partial charge in [-0.1, -0.05) is 65.7 Å². The number of sulfone groups is 1. The molecule has 136 valence electrons. The highest BCUT2D eigenvalue weighted by atomic mass is 35.5. The smallest absolute Gasteiger partial charge is 0.181 e. The predicted octanol–water partition coefficient (Wildman–Crippen LogP) is 5.27. The Morgan fingerprint density at radius 3 is 2.54 bits per heavy atom. The molecule has 0 amide bonds. The quantitative estimate of drug-likeness (QED) is 0.604. The van der Waals surface area contributed by atoms with Crippen molar-refractivity contribution < 1.29 is 8.42 Å². The second-order valence-corrected chi connectivity index (χ2v) is 9.06. The van der Waals surface area contributed by atoms with Crippen molar-refractivity contribution in [2.24, 2.45) is 0 Å². The first-order chi connectivity index (χ1) is 12.4. The van der Waals surface area contributed by atoms with E-state index >= 15 is 0 Å². The van der Waals surface area contributed by atoms with Gasteiger partial charge in [-0.25, -0.2) is 8.42 Å². The number of nitrogens with one attached hydrogen (secondary N) is 1. The number of rotatable bonds is 6. The fourth-order valence-electron chi connectivity index (χ4n) is 2.97. The Bertz CT molecular complexity index is 1030. The topological polar surface area (TPSA) is 46.2 Å². The Morgan fingerprint density at radius 1 is 1.00 bits per heavy atom. The molecule has 0 bridgehead atoms. The van der Waals surface area contributed by atoms with Gasteiger partial charge in [0.2, 0.25) is 0 Å². The van der Waals surface area contributed by atoms with Crippen LogP contribution < -0.4 is 5.32 Å². The van der Waals surface area contributed by atoms with Crippen molar-refractivity contribution in [2.45, 2.75) is 17.9 Å². The van der Waals surface area contributed by atoms with Crippen LogP contribution in [0.4, 0.5) is 0 Å². The van der Waals surface area contributed by atoms with Crippen LogP contribution in [0.15, 0.2) is 65.6 Å².